The number of nitrogens with zero attached hydrogens (tertiary/aromatic N) is 2. The van der Waals surface area contributed by atoms with Crippen LogP contribution in [0.4, 0.5) is 5.69 Å². The number of rotatable bonds is 14. The molecule has 1 N–H and O–H groups in total. The minimum atomic E-state index is -3.64. The third kappa shape index (κ3) is 8.97. The van der Waals surface area contributed by atoms with Crippen molar-refractivity contribution in [3.8, 4) is 11.5 Å². The molecule has 0 radical (unpaired) electrons. The van der Waals surface area contributed by atoms with Crippen LogP contribution in [0.1, 0.15) is 43.4 Å². The summed E-state index contributed by atoms with van der Waals surface area (Å²) in [6, 6.07) is 21.8. The molecule has 0 spiro atoms. The van der Waals surface area contributed by atoms with E-state index in [1.54, 1.807) is 23.1 Å². The Morgan fingerprint density at radius 2 is 1.65 bits per heavy atom. The lowest BCUT2D eigenvalue weighted by atomic mass is 10.0. The third-order valence-corrected chi connectivity index (χ3v) is 8.38. The summed E-state index contributed by atoms with van der Waals surface area (Å²) >= 11 is 0. The number of carbonyl (C=O) groups is 2. The van der Waals surface area contributed by atoms with Gasteiger partial charge in [-0.05, 0) is 42.5 Å². The molecule has 3 aromatic rings. The van der Waals surface area contributed by atoms with Gasteiger partial charge < -0.3 is 19.7 Å². The first kappa shape index (κ1) is 31.9. The van der Waals surface area contributed by atoms with Gasteiger partial charge in [0.1, 0.15) is 6.04 Å². The van der Waals surface area contributed by atoms with E-state index in [2.05, 4.69) is 5.32 Å². The van der Waals surface area contributed by atoms with Crippen molar-refractivity contribution in [3.63, 3.8) is 0 Å². The van der Waals surface area contributed by atoms with Crippen LogP contribution in [0.2, 0.25) is 0 Å². The minimum absolute atomic E-state index is 0.0607. The van der Waals surface area contributed by atoms with E-state index in [-0.39, 0.29) is 50.5 Å². The fourth-order valence-corrected chi connectivity index (χ4v) is 5.99. The van der Waals surface area contributed by atoms with E-state index in [1.807, 2.05) is 75.4 Å². The summed E-state index contributed by atoms with van der Waals surface area (Å²) in [5.74, 6) is 0.848. The number of hydrogen-bond acceptors (Lipinski definition) is 6. The highest BCUT2D eigenvalue weighted by Gasteiger charge is 2.31. The molecule has 1 atom stereocenters. The summed E-state index contributed by atoms with van der Waals surface area (Å²) in [5.41, 5.74) is 3.36. The fourth-order valence-electron chi connectivity index (χ4n) is 5.03. The molecule has 10 heteroatoms. The van der Waals surface area contributed by atoms with Crippen LogP contribution in [-0.4, -0.2) is 57.3 Å². The van der Waals surface area contributed by atoms with Crippen LogP contribution in [0.5, 0.6) is 11.5 Å². The summed E-state index contributed by atoms with van der Waals surface area (Å²) in [5, 5.41) is 3.03. The maximum absolute atomic E-state index is 14.0. The first-order chi connectivity index (χ1) is 20.5. The van der Waals surface area contributed by atoms with E-state index in [9.17, 15) is 18.0 Å². The van der Waals surface area contributed by atoms with Crippen LogP contribution in [0, 0.1) is 12.8 Å². The van der Waals surface area contributed by atoms with Crippen LogP contribution in [0.15, 0.2) is 72.8 Å². The molecule has 0 bridgehead atoms. The van der Waals surface area contributed by atoms with Crippen molar-refractivity contribution in [1.29, 1.82) is 0 Å². The molecule has 0 saturated heterocycles. The number of aryl methyl sites for hydroxylation is 1. The number of anilines is 1. The van der Waals surface area contributed by atoms with Gasteiger partial charge in [0.2, 0.25) is 28.6 Å². The Morgan fingerprint density at radius 3 is 2.35 bits per heavy atom. The predicted molar refractivity (Wildman–Crippen MR) is 167 cm³/mol. The van der Waals surface area contributed by atoms with Gasteiger partial charge in [0, 0.05) is 38.5 Å². The van der Waals surface area contributed by atoms with Gasteiger partial charge in [-0.3, -0.25) is 13.9 Å². The van der Waals surface area contributed by atoms with Crippen LogP contribution in [0.25, 0.3) is 0 Å². The third-order valence-electron chi connectivity index (χ3n) is 7.19. The van der Waals surface area contributed by atoms with Crippen molar-refractivity contribution in [3.05, 3.63) is 89.5 Å². The van der Waals surface area contributed by atoms with Crippen molar-refractivity contribution >= 4 is 27.5 Å². The minimum Gasteiger partial charge on any atom is -0.454 e. The molecular formula is C33H41N3O6S. The number of nitrogens with one attached hydrogen (secondary N) is 1. The Kier molecular flexibility index (Phi) is 10.7. The molecule has 230 valence electrons. The maximum atomic E-state index is 14.0. The molecule has 0 fully saturated rings. The molecule has 0 aliphatic carbocycles. The lowest BCUT2D eigenvalue weighted by molar-refractivity contribution is -0.141. The molecule has 4 rings (SSSR count). The Labute approximate surface area is 254 Å². The highest BCUT2D eigenvalue weighted by molar-refractivity contribution is 7.92. The number of hydrogen-bond donors (Lipinski definition) is 1. The standard InChI is InChI=1S/C33H41N3O6S/c1-24(2)21-34-33(38)29(19-26-11-6-5-7-12-26)35(22-27-13-8-10-25(3)18-27)32(37)14-9-17-36(43(4,39)40)28-15-16-30-31(20-28)42-23-41-30/h5-8,10-13,15-16,18,20,24,29H,9,14,17,19,21-23H2,1-4H3,(H,34,38). The van der Waals surface area contributed by atoms with Gasteiger partial charge in [-0.15, -0.1) is 0 Å². The number of ether oxygens (including phenoxy) is 2. The van der Waals surface area contributed by atoms with E-state index >= 15 is 0 Å². The molecule has 0 aromatic heterocycles. The SMILES string of the molecule is Cc1cccc(CN(C(=O)CCCN(c2ccc3c(c2)OCO3)S(C)(=O)=O)C(Cc2ccccc2)C(=O)NCC(C)C)c1. The first-order valence-corrected chi connectivity index (χ1v) is 16.4. The fraction of sp³-hybridized carbons (Fsp3) is 0.394. The molecule has 2 amide bonds. The van der Waals surface area contributed by atoms with Gasteiger partial charge in [-0.2, -0.15) is 0 Å². The van der Waals surface area contributed by atoms with E-state index in [1.165, 1.54) is 4.31 Å². The van der Waals surface area contributed by atoms with Crippen molar-refractivity contribution < 1.29 is 27.5 Å². The first-order valence-electron chi connectivity index (χ1n) is 14.6. The maximum Gasteiger partial charge on any atom is 0.243 e. The summed E-state index contributed by atoms with van der Waals surface area (Å²) < 4.78 is 37.5. The van der Waals surface area contributed by atoms with Gasteiger partial charge in [0.15, 0.2) is 11.5 Å². The van der Waals surface area contributed by atoms with Crippen molar-refractivity contribution in [2.45, 2.75) is 52.6 Å². The van der Waals surface area contributed by atoms with Gasteiger partial charge in [-0.25, -0.2) is 8.42 Å². The van der Waals surface area contributed by atoms with E-state index in [4.69, 9.17) is 9.47 Å². The van der Waals surface area contributed by atoms with Crippen LogP contribution in [-0.2, 0) is 32.6 Å². The molecule has 1 aliphatic rings. The van der Waals surface area contributed by atoms with Gasteiger partial charge >= 0.3 is 0 Å². The number of sulfonamides is 1. The second-order valence-corrected chi connectivity index (χ2v) is 13.2. The molecule has 9 nitrogen and oxygen atoms in total. The Bertz CT molecular complexity index is 1510. The molecule has 1 heterocycles. The van der Waals surface area contributed by atoms with Crippen LogP contribution in [0.3, 0.4) is 0 Å². The average Bonchev–Trinajstić information content (AvgIpc) is 3.44. The highest BCUT2D eigenvalue weighted by Crippen LogP contribution is 2.36. The summed E-state index contributed by atoms with van der Waals surface area (Å²) in [6.45, 7) is 6.96. The zero-order valence-corrected chi connectivity index (χ0v) is 26.1. The predicted octanol–water partition coefficient (Wildman–Crippen LogP) is 4.68. The second kappa shape index (κ2) is 14.4. The van der Waals surface area contributed by atoms with Crippen molar-refractivity contribution in [2.24, 2.45) is 5.92 Å². The highest BCUT2D eigenvalue weighted by atomic mass is 32.2. The molecular weight excluding hydrogens is 566 g/mol. The molecule has 3 aromatic carbocycles. The Balaban J connectivity index is 1.57. The molecule has 1 unspecified atom stereocenters. The summed E-state index contributed by atoms with van der Waals surface area (Å²) in [7, 11) is -3.64. The average molecular weight is 608 g/mol. The number of fused-ring (bicyclic) bond motifs is 1. The lowest BCUT2D eigenvalue weighted by Gasteiger charge is -2.32. The number of amides is 2. The number of carbonyl (C=O) groups excluding carboxylic acids is 2. The number of benzene rings is 3. The zero-order valence-electron chi connectivity index (χ0n) is 25.3. The van der Waals surface area contributed by atoms with Crippen LogP contribution < -0.4 is 19.1 Å². The van der Waals surface area contributed by atoms with E-state index in [0.29, 0.717) is 30.2 Å². The second-order valence-electron chi connectivity index (χ2n) is 11.3. The van der Waals surface area contributed by atoms with Crippen molar-refractivity contribution in [1.82, 2.24) is 10.2 Å². The van der Waals surface area contributed by atoms with Gasteiger partial charge in [0.05, 0.1) is 11.9 Å². The topological polar surface area (TPSA) is 105 Å². The molecule has 1 aliphatic heterocycles. The van der Waals surface area contributed by atoms with Gasteiger partial charge in [0.25, 0.3) is 0 Å². The Hall–Kier alpha value is -4.05. The smallest absolute Gasteiger partial charge is 0.243 e. The molecule has 43 heavy (non-hydrogen) atoms. The van der Waals surface area contributed by atoms with E-state index < -0.39 is 16.1 Å². The normalized spacial score (nSPS) is 13.0. The summed E-state index contributed by atoms with van der Waals surface area (Å²) in [6.07, 6.45) is 1.81. The monoisotopic (exact) mass is 607 g/mol. The Morgan fingerprint density at radius 1 is 0.930 bits per heavy atom. The zero-order chi connectivity index (χ0) is 31.0. The van der Waals surface area contributed by atoms with Crippen molar-refractivity contribution in [2.75, 3.05) is 30.4 Å². The molecule has 0 saturated carbocycles. The largest absolute Gasteiger partial charge is 0.454 e. The summed E-state index contributed by atoms with van der Waals surface area (Å²) in [4.78, 5) is 29.2. The quantitative estimate of drug-likeness (QED) is 0.285. The lowest BCUT2D eigenvalue weighted by Crippen LogP contribution is -2.51. The van der Waals surface area contributed by atoms with E-state index in [0.717, 1.165) is 22.9 Å². The van der Waals surface area contributed by atoms with Gasteiger partial charge in [-0.1, -0.05) is 74.0 Å². The van der Waals surface area contributed by atoms with Crippen LogP contribution >= 0.6 is 0 Å².